The molecule has 190 valence electrons. The van der Waals surface area contributed by atoms with E-state index >= 15 is 0 Å². The van der Waals surface area contributed by atoms with E-state index in [0.29, 0.717) is 28.6 Å². The number of hydrogen-bond acceptors (Lipinski definition) is 5. The maximum absolute atomic E-state index is 11.8. The summed E-state index contributed by atoms with van der Waals surface area (Å²) in [6.07, 6.45) is 9.80. The van der Waals surface area contributed by atoms with Gasteiger partial charge in [0.2, 0.25) is 0 Å². The molecule has 0 bridgehead atoms. The first-order valence-corrected chi connectivity index (χ1v) is 15.3. The average Bonchev–Trinajstić information content (AvgIpc) is 2.83. The zero-order valence-electron chi connectivity index (χ0n) is 21.5. The second-order valence-electron chi connectivity index (χ2n) is 11.4. The van der Waals surface area contributed by atoms with E-state index in [-0.39, 0.29) is 0 Å². The van der Waals surface area contributed by atoms with Crippen LogP contribution in [0.25, 0.3) is 0 Å². The van der Waals surface area contributed by atoms with Gasteiger partial charge in [-0.3, -0.25) is 15.1 Å². The van der Waals surface area contributed by atoms with E-state index in [4.69, 9.17) is 0 Å². The molecule has 2 unspecified atom stereocenters. The third kappa shape index (κ3) is 5.36. The minimum absolute atomic E-state index is 0.357. The fourth-order valence-corrected chi connectivity index (χ4v) is 7.20. The molecule has 2 atom stereocenters. The molecule has 2 heterocycles. The van der Waals surface area contributed by atoms with Gasteiger partial charge in [-0.05, 0) is 54.0 Å². The van der Waals surface area contributed by atoms with Gasteiger partial charge >= 0.3 is 0 Å². The minimum atomic E-state index is -3.16. The number of benzene rings is 2. The molecule has 1 N–H and O–H groups in total. The molecule has 5 nitrogen and oxygen atoms in total. The Morgan fingerprint density at radius 2 is 1.69 bits per heavy atom. The Morgan fingerprint density at radius 3 is 2.34 bits per heavy atom. The van der Waals surface area contributed by atoms with Crippen LogP contribution in [0, 0.1) is 0 Å². The van der Waals surface area contributed by atoms with Crippen LogP contribution in [0.2, 0.25) is 0 Å². The van der Waals surface area contributed by atoms with Crippen LogP contribution in [0.3, 0.4) is 0 Å². The van der Waals surface area contributed by atoms with Gasteiger partial charge in [0, 0.05) is 44.0 Å². The van der Waals surface area contributed by atoms with Gasteiger partial charge in [0.15, 0.2) is 9.84 Å². The molecular weight excluding hydrogens is 454 g/mol. The fraction of sp³-hybridized carbons (Fsp3) is 0.586. The molecule has 35 heavy (non-hydrogen) atoms. The lowest BCUT2D eigenvalue weighted by atomic mass is 9.72. The van der Waals surface area contributed by atoms with Crippen LogP contribution in [-0.4, -0.2) is 55.8 Å². The zero-order valence-corrected chi connectivity index (χ0v) is 22.4. The number of sulfone groups is 1. The van der Waals surface area contributed by atoms with Gasteiger partial charge in [0.05, 0.1) is 11.1 Å². The maximum Gasteiger partial charge on any atom is 0.175 e. The van der Waals surface area contributed by atoms with Crippen LogP contribution in [0.5, 0.6) is 0 Å². The number of nitrogens with one attached hydrogen (secondary N) is 1. The molecule has 2 aromatic carbocycles. The molecule has 5 rings (SSSR count). The smallest absolute Gasteiger partial charge is 0.175 e. The minimum Gasteiger partial charge on any atom is -0.296 e. The van der Waals surface area contributed by atoms with Crippen molar-refractivity contribution in [1.82, 2.24) is 15.1 Å². The second kappa shape index (κ2) is 9.97. The summed E-state index contributed by atoms with van der Waals surface area (Å²) in [7, 11) is -3.16. The van der Waals surface area contributed by atoms with Crippen molar-refractivity contribution in [2.45, 2.75) is 87.5 Å². The summed E-state index contributed by atoms with van der Waals surface area (Å²) in [4.78, 5) is 5.68. The van der Waals surface area contributed by atoms with Gasteiger partial charge in [-0.25, -0.2) is 8.42 Å². The van der Waals surface area contributed by atoms with E-state index in [1.165, 1.54) is 61.5 Å². The molecule has 1 aliphatic carbocycles. The predicted octanol–water partition coefficient (Wildman–Crippen LogP) is 5.09. The topological polar surface area (TPSA) is 52.7 Å². The number of rotatable bonds is 6. The SMILES string of the molecule is CC(C)c1ccccc1C1CN(Cc2ccc(S(C)(=O)=O)cc2)CCN1C1CC2(CCCCC2)N1. The van der Waals surface area contributed by atoms with Crippen molar-refractivity contribution in [3.8, 4) is 0 Å². The van der Waals surface area contributed by atoms with Crippen LogP contribution in [-0.2, 0) is 16.4 Å². The Labute approximate surface area is 211 Å². The van der Waals surface area contributed by atoms with Crippen molar-refractivity contribution in [2.75, 3.05) is 25.9 Å². The summed E-state index contributed by atoms with van der Waals surface area (Å²) in [6, 6.07) is 16.8. The lowest BCUT2D eigenvalue weighted by Gasteiger charge is -2.58. The van der Waals surface area contributed by atoms with Crippen LogP contribution in [0.15, 0.2) is 53.4 Å². The van der Waals surface area contributed by atoms with E-state index < -0.39 is 9.84 Å². The molecule has 1 spiro atoms. The number of hydrogen-bond donors (Lipinski definition) is 1. The molecular formula is C29H41N3O2S. The number of nitrogens with zero attached hydrogens (tertiary/aromatic N) is 2. The Hall–Kier alpha value is -1.73. The average molecular weight is 496 g/mol. The molecule has 3 fully saturated rings. The van der Waals surface area contributed by atoms with E-state index in [1.807, 2.05) is 12.1 Å². The molecule has 0 radical (unpaired) electrons. The van der Waals surface area contributed by atoms with Crippen molar-refractivity contribution in [3.63, 3.8) is 0 Å². The summed E-state index contributed by atoms with van der Waals surface area (Å²) < 4.78 is 23.7. The van der Waals surface area contributed by atoms with Gasteiger partial charge in [0.1, 0.15) is 0 Å². The number of piperazine rings is 1. The van der Waals surface area contributed by atoms with Crippen molar-refractivity contribution < 1.29 is 8.42 Å². The lowest BCUT2D eigenvalue weighted by molar-refractivity contribution is -0.0602. The predicted molar refractivity (Wildman–Crippen MR) is 142 cm³/mol. The highest BCUT2D eigenvalue weighted by Gasteiger charge is 2.48. The molecule has 3 aliphatic rings. The highest BCUT2D eigenvalue weighted by Crippen LogP contribution is 2.43. The monoisotopic (exact) mass is 495 g/mol. The first-order chi connectivity index (χ1) is 16.7. The molecule has 2 aromatic rings. The van der Waals surface area contributed by atoms with Crippen molar-refractivity contribution >= 4 is 9.84 Å². The summed E-state index contributed by atoms with van der Waals surface area (Å²) >= 11 is 0. The van der Waals surface area contributed by atoms with Gasteiger partial charge in [-0.15, -0.1) is 0 Å². The third-order valence-electron chi connectivity index (χ3n) is 8.51. The van der Waals surface area contributed by atoms with Crippen LogP contribution in [0.1, 0.15) is 81.0 Å². The third-order valence-corrected chi connectivity index (χ3v) is 9.64. The standard InChI is InChI=1S/C29H41N3O2S/c1-22(2)25-9-5-6-10-26(25)27-21-31(20-23-11-13-24(14-12-23)35(3,33)34)17-18-32(27)28-19-29(30-28)15-7-4-8-16-29/h5-6,9-14,22,27-28,30H,4,7-8,15-21H2,1-3H3. The Morgan fingerprint density at radius 1 is 1.00 bits per heavy atom. The van der Waals surface area contributed by atoms with Crippen LogP contribution < -0.4 is 5.32 Å². The summed E-state index contributed by atoms with van der Waals surface area (Å²) in [5.74, 6) is 0.492. The highest BCUT2D eigenvalue weighted by molar-refractivity contribution is 7.90. The van der Waals surface area contributed by atoms with Crippen molar-refractivity contribution in [2.24, 2.45) is 0 Å². The normalized spacial score (nSPS) is 25.6. The Kier molecular flexibility index (Phi) is 7.10. The quantitative estimate of drug-likeness (QED) is 0.605. The fourth-order valence-electron chi connectivity index (χ4n) is 6.57. The molecule has 2 aliphatic heterocycles. The van der Waals surface area contributed by atoms with Crippen molar-refractivity contribution in [3.05, 3.63) is 65.2 Å². The maximum atomic E-state index is 11.8. The lowest BCUT2D eigenvalue weighted by Crippen LogP contribution is -2.71. The molecule has 6 heteroatoms. The zero-order chi connectivity index (χ0) is 24.6. The first-order valence-electron chi connectivity index (χ1n) is 13.4. The molecule has 2 saturated heterocycles. The largest absolute Gasteiger partial charge is 0.296 e. The van der Waals surface area contributed by atoms with Crippen molar-refractivity contribution in [1.29, 1.82) is 0 Å². The van der Waals surface area contributed by atoms with Gasteiger partial charge in [0.25, 0.3) is 0 Å². The molecule has 0 aromatic heterocycles. The van der Waals surface area contributed by atoms with E-state index in [9.17, 15) is 8.42 Å². The second-order valence-corrected chi connectivity index (χ2v) is 13.4. The van der Waals surface area contributed by atoms with E-state index in [1.54, 1.807) is 12.1 Å². The summed E-state index contributed by atoms with van der Waals surface area (Å²) in [5, 5.41) is 4.05. The van der Waals surface area contributed by atoms with Gasteiger partial charge in [-0.1, -0.05) is 69.5 Å². The Bertz CT molecular complexity index is 1110. The van der Waals surface area contributed by atoms with E-state index in [0.717, 1.165) is 26.2 Å². The highest BCUT2D eigenvalue weighted by atomic mass is 32.2. The molecule has 1 saturated carbocycles. The molecule has 0 amide bonds. The van der Waals surface area contributed by atoms with E-state index in [2.05, 4.69) is 53.2 Å². The summed E-state index contributed by atoms with van der Waals surface area (Å²) in [5.41, 5.74) is 4.48. The Balaban J connectivity index is 1.35. The first kappa shape index (κ1) is 24.9. The van der Waals surface area contributed by atoms with Gasteiger partial charge < -0.3 is 0 Å². The summed E-state index contributed by atoms with van der Waals surface area (Å²) in [6.45, 7) is 8.51. The van der Waals surface area contributed by atoms with Crippen LogP contribution >= 0.6 is 0 Å². The van der Waals surface area contributed by atoms with Crippen LogP contribution in [0.4, 0.5) is 0 Å². The van der Waals surface area contributed by atoms with Gasteiger partial charge in [-0.2, -0.15) is 0 Å².